The summed E-state index contributed by atoms with van der Waals surface area (Å²) in [6.45, 7) is 3.98. The molecule has 1 aliphatic heterocycles. The second-order valence-electron chi connectivity index (χ2n) is 6.93. The summed E-state index contributed by atoms with van der Waals surface area (Å²) < 4.78 is 5.17. The van der Waals surface area contributed by atoms with Crippen molar-refractivity contribution in [3.63, 3.8) is 0 Å². The number of nitrogens with one attached hydrogen (secondary N) is 2. The Morgan fingerprint density at radius 1 is 1.10 bits per heavy atom. The van der Waals surface area contributed by atoms with Crippen LogP contribution in [0, 0.1) is 6.92 Å². The van der Waals surface area contributed by atoms with E-state index in [1.807, 2.05) is 37.3 Å². The minimum atomic E-state index is -0.219. The van der Waals surface area contributed by atoms with Crippen molar-refractivity contribution < 1.29 is 9.21 Å². The smallest absolute Gasteiger partial charge is 0.248 e. The Morgan fingerprint density at radius 2 is 1.86 bits per heavy atom. The Kier molecular flexibility index (Phi) is 5.56. The van der Waals surface area contributed by atoms with Gasteiger partial charge in [-0.2, -0.15) is 4.98 Å². The van der Waals surface area contributed by atoms with Crippen molar-refractivity contribution in [3.8, 4) is 0 Å². The van der Waals surface area contributed by atoms with Crippen molar-refractivity contribution in [1.82, 2.24) is 9.97 Å². The van der Waals surface area contributed by atoms with Crippen LogP contribution in [0.2, 0.25) is 0 Å². The van der Waals surface area contributed by atoms with E-state index in [1.54, 1.807) is 24.5 Å². The van der Waals surface area contributed by atoms with Gasteiger partial charge in [0.15, 0.2) is 0 Å². The first-order chi connectivity index (χ1) is 14.2. The second kappa shape index (κ2) is 8.60. The second-order valence-corrected chi connectivity index (χ2v) is 6.93. The molecule has 1 fully saturated rings. The summed E-state index contributed by atoms with van der Waals surface area (Å²) in [6.07, 6.45) is 7.00. The Labute approximate surface area is 169 Å². The predicted molar refractivity (Wildman–Crippen MR) is 114 cm³/mol. The molecular weight excluding hydrogens is 366 g/mol. The van der Waals surface area contributed by atoms with Crippen LogP contribution in [0.1, 0.15) is 24.3 Å². The molecular formula is C22H23N5O2. The summed E-state index contributed by atoms with van der Waals surface area (Å²) >= 11 is 0. The lowest BCUT2D eigenvalue weighted by Gasteiger charge is -2.17. The van der Waals surface area contributed by atoms with Gasteiger partial charge >= 0.3 is 0 Å². The van der Waals surface area contributed by atoms with Crippen LogP contribution in [0.25, 0.3) is 6.08 Å². The molecule has 0 spiro atoms. The molecule has 4 rings (SSSR count). The van der Waals surface area contributed by atoms with E-state index >= 15 is 0 Å². The molecule has 0 bridgehead atoms. The van der Waals surface area contributed by atoms with E-state index in [1.165, 1.54) is 18.9 Å². The molecule has 3 heterocycles. The molecule has 148 valence electrons. The van der Waals surface area contributed by atoms with E-state index < -0.39 is 0 Å². The van der Waals surface area contributed by atoms with Crippen LogP contribution in [0.5, 0.6) is 0 Å². The van der Waals surface area contributed by atoms with Crippen LogP contribution in [0.4, 0.5) is 23.1 Å². The highest BCUT2D eigenvalue weighted by Crippen LogP contribution is 2.22. The summed E-state index contributed by atoms with van der Waals surface area (Å²) in [5.74, 6) is 1.95. The average molecular weight is 389 g/mol. The topological polar surface area (TPSA) is 83.3 Å². The Morgan fingerprint density at radius 3 is 2.59 bits per heavy atom. The van der Waals surface area contributed by atoms with Crippen LogP contribution in [-0.4, -0.2) is 29.0 Å². The standard InChI is InChI=1S/C22H23N5O2/c1-16-15-20(26-22(23-16)27-12-2-3-13-27)24-17-6-8-18(9-7-17)25-21(28)11-10-19-5-4-14-29-19/h4-11,14-15H,2-3,12-13H2,1H3,(H,25,28)(H,23,24,26)/b11-10+. The highest BCUT2D eigenvalue weighted by atomic mass is 16.3. The number of furan rings is 1. The highest BCUT2D eigenvalue weighted by Gasteiger charge is 2.16. The molecule has 2 N–H and O–H groups in total. The van der Waals surface area contributed by atoms with Crippen LogP contribution < -0.4 is 15.5 Å². The maximum atomic E-state index is 12.0. The summed E-state index contributed by atoms with van der Waals surface area (Å²) in [5.41, 5.74) is 2.53. The number of rotatable bonds is 6. The molecule has 0 unspecified atom stereocenters. The van der Waals surface area contributed by atoms with E-state index in [0.717, 1.165) is 36.2 Å². The van der Waals surface area contributed by atoms with Gasteiger partial charge < -0.3 is 20.0 Å². The maximum absolute atomic E-state index is 12.0. The minimum absolute atomic E-state index is 0.219. The fraction of sp³-hybridized carbons (Fsp3) is 0.227. The van der Waals surface area contributed by atoms with Crippen LogP contribution in [-0.2, 0) is 4.79 Å². The number of benzene rings is 1. The van der Waals surface area contributed by atoms with Gasteiger partial charge in [-0.3, -0.25) is 4.79 Å². The molecule has 0 saturated carbocycles. The largest absolute Gasteiger partial charge is 0.465 e. The molecule has 0 radical (unpaired) electrons. The van der Waals surface area contributed by atoms with Gasteiger partial charge in [-0.05, 0) is 62.2 Å². The van der Waals surface area contributed by atoms with Crippen LogP contribution >= 0.6 is 0 Å². The van der Waals surface area contributed by atoms with E-state index in [2.05, 4.69) is 25.5 Å². The molecule has 1 amide bonds. The lowest BCUT2D eigenvalue weighted by molar-refractivity contribution is -0.111. The number of amides is 1. The third-order valence-electron chi connectivity index (χ3n) is 4.60. The van der Waals surface area contributed by atoms with Gasteiger partial charge in [-0.25, -0.2) is 4.98 Å². The Balaban J connectivity index is 1.38. The number of aromatic nitrogens is 2. The van der Waals surface area contributed by atoms with Crippen molar-refractivity contribution >= 4 is 35.1 Å². The van der Waals surface area contributed by atoms with Gasteiger partial charge in [-0.1, -0.05) is 0 Å². The van der Waals surface area contributed by atoms with E-state index in [4.69, 9.17) is 4.42 Å². The number of anilines is 4. The van der Waals surface area contributed by atoms with Gasteiger partial charge in [0.2, 0.25) is 11.9 Å². The van der Waals surface area contributed by atoms with Crippen molar-refractivity contribution in [1.29, 1.82) is 0 Å². The van der Waals surface area contributed by atoms with Gasteiger partial charge in [0, 0.05) is 42.3 Å². The number of nitrogens with zero attached hydrogens (tertiary/aromatic N) is 3. The van der Waals surface area contributed by atoms with Crippen molar-refractivity contribution in [2.75, 3.05) is 28.6 Å². The van der Waals surface area contributed by atoms with E-state index in [0.29, 0.717) is 11.4 Å². The molecule has 1 aromatic carbocycles. The zero-order valence-corrected chi connectivity index (χ0v) is 16.3. The number of hydrogen-bond donors (Lipinski definition) is 2. The molecule has 1 aliphatic rings. The molecule has 7 nitrogen and oxygen atoms in total. The summed E-state index contributed by atoms with van der Waals surface area (Å²) in [4.78, 5) is 23.4. The van der Waals surface area contributed by atoms with Crippen LogP contribution in [0.3, 0.4) is 0 Å². The monoisotopic (exact) mass is 389 g/mol. The normalized spacial score (nSPS) is 13.8. The molecule has 2 aromatic heterocycles. The highest BCUT2D eigenvalue weighted by molar-refractivity contribution is 6.01. The summed E-state index contributed by atoms with van der Waals surface area (Å²) in [7, 11) is 0. The molecule has 3 aromatic rings. The average Bonchev–Trinajstić information content (AvgIpc) is 3.42. The number of carbonyl (C=O) groups is 1. The van der Waals surface area contributed by atoms with Gasteiger partial charge in [0.05, 0.1) is 6.26 Å². The summed E-state index contributed by atoms with van der Waals surface area (Å²) in [5, 5.41) is 6.14. The van der Waals surface area contributed by atoms with Crippen LogP contribution in [0.15, 0.2) is 59.2 Å². The fourth-order valence-corrected chi connectivity index (χ4v) is 3.19. The Bertz CT molecular complexity index is 991. The van der Waals surface area contributed by atoms with E-state index in [9.17, 15) is 4.79 Å². The van der Waals surface area contributed by atoms with Crippen molar-refractivity contribution in [3.05, 3.63) is 66.3 Å². The minimum Gasteiger partial charge on any atom is -0.465 e. The van der Waals surface area contributed by atoms with Crippen molar-refractivity contribution in [2.24, 2.45) is 0 Å². The third kappa shape index (κ3) is 5.01. The first kappa shape index (κ1) is 18.7. The summed E-state index contributed by atoms with van der Waals surface area (Å²) in [6, 6.07) is 13.0. The molecule has 29 heavy (non-hydrogen) atoms. The van der Waals surface area contributed by atoms with E-state index in [-0.39, 0.29) is 5.91 Å². The number of hydrogen-bond acceptors (Lipinski definition) is 6. The van der Waals surface area contributed by atoms with Gasteiger partial charge in [0.1, 0.15) is 11.6 Å². The number of carbonyl (C=O) groups excluding carboxylic acids is 1. The molecule has 0 atom stereocenters. The molecule has 7 heteroatoms. The maximum Gasteiger partial charge on any atom is 0.248 e. The van der Waals surface area contributed by atoms with Gasteiger partial charge in [-0.15, -0.1) is 0 Å². The predicted octanol–water partition coefficient (Wildman–Crippen LogP) is 4.37. The quantitative estimate of drug-likeness (QED) is 0.609. The molecule has 1 saturated heterocycles. The van der Waals surface area contributed by atoms with Gasteiger partial charge in [0.25, 0.3) is 0 Å². The number of aryl methyl sites for hydroxylation is 1. The first-order valence-corrected chi connectivity index (χ1v) is 9.66. The zero-order chi connectivity index (χ0) is 20.1. The first-order valence-electron chi connectivity index (χ1n) is 9.66. The fourth-order valence-electron chi connectivity index (χ4n) is 3.19. The lowest BCUT2D eigenvalue weighted by atomic mass is 10.2. The third-order valence-corrected chi connectivity index (χ3v) is 4.60. The lowest BCUT2D eigenvalue weighted by Crippen LogP contribution is -2.21. The molecule has 0 aliphatic carbocycles. The zero-order valence-electron chi connectivity index (χ0n) is 16.3. The SMILES string of the molecule is Cc1cc(Nc2ccc(NC(=O)/C=C/c3ccco3)cc2)nc(N2CCCC2)n1. The Hall–Kier alpha value is -3.61. The van der Waals surface area contributed by atoms with Crippen molar-refractivity contribution in [2.45, 2.75) is 19.8 Å².